The molecule has 4 heteroatoms. The second-order valence-electron chi connectivity index (χ2n) is 4.29. The fourth-order valence-electron chi connectivity index (χ4n) is 1.81. The molecule has 0 unspecified atom stereocenters. The molecule has 2 aromatic rings. The average Bonchev–Trinajstić information content (AvgIpc) is 2.41. The van der Waals surface area contributed by atoms with Gasteiger partial charge >= 0.3 is 0 Å². The number of rotatable bonds is 3. The Kier molecular flexibility index (Phi) is 3.92. The van der Waals surface area contributed by atoms with Gasteiger partial charge in [0.05, 0.1) is 5.69 Å². The van der Waals surface area contributed by atoms with Crippen molar-refractivity contribution in [2.45, 2.75) is 13.5 Å². The van der Waals surface area contributed by atoms with Crippen molar-refractivity contribution in [2.24, 2.45) is 5.73 Å². The molecule has 98 valence electrons. The van der Waals surface area contributed by atoms with Crippen molar-refractivity contribution in [1.29, 1.82) is 0 Å². The van der Waals surface area contributed by atoms with Crippen LogP contribution in [-0.2, 0) is 6.54 Å². The van der Waals surface area contributed by atoms with E-state index in [1.807, 2.05) is 19.1 Å². The number of hydrogen-bond acceptors (Lipinski definition) is 2. The molecule has 0 fully saturated rings. The maximum atomic E-state index is 13.6. The van der Waals surface area contributed by atoms with Crippen molar-refractivity contribution in [2.75, 3.05) is 5.32 Å². The van der Waals surface area contributed by atoms with Crippen molar-refractivity contribution < 1.29 is 9.18 Å². The van der Waals surface area contributed by atoms with Gasteiger partial charge in [0.15, 0.2) is 0 Å². The first-order valence-corrected chi connectivity index (χ1v) is 5.97. The van der Waals surface area contributed by atoms with E-state index >= 15 is 0 Å². The van der Waals surface area contributed by atoms with Crippen LogP contribution in [0.15, 0.2) is 42.5 Å². The molecule has 2 aromatic carbocycles. The van der Waals surface area contributed by atoms with Crippen molar-refractivity contribution in [1.82, 2.24) is 0 Å². The number of nitrogens with one attached hydrogen (secondary N) is 1. The highest BCUT2D eigenvalue weighted by atomic mass is 19.1. The summed E-state index contributed by atoms with van der Waals surface area (Å²) in [4.78, 5) is 12.1. The molecule has 0 aliphatic rings. The quantitative estimate of drug-likeness (QED) is 0.889. The van der Waals surface area contributed by atoms with E-state index in [-0.39, 0.29) is 11.6 Å². The van der Waals surface area contributed by atoms with Gasteiger partial charge in [-0.1, -0.05) is 24.3 Å². The Labute approximate surface area is 111 Å². The number of carbonyl (C=O) groups is 1. The molecule has 2 rings (SSSR count). The largest absolute Gasteiger partial charge is 0.326 e. The number of amides is 1. The number of benzene rings is 2. The predicted octanol–water partition coefficient (Wildman–Crippen LogP) is 2.85. The number of aryl methyl sites for hydroxylation is 1. The van der Waals surface area contributed by atoms with Gasteiger partial charge in [-0.15, -0.1) is 0 Å². The van der Waals surface area contributed by atoms with E-state index < -0.39 is 5.82 Å². The van der Waals surface area contributed by atoms with E-state index in [1.165, 1.54) is 6.07 Å². The zero-order chi connectivity index (χ0) is 13.8. The van der Waals surface area contributed by atoms with E-state index in [2.05, 4.69) is 5.32 Å². The normalized spacial score (nSPS) is 10.3. The fourth-order valence-corrected chi connectivity index (χ4v) is 1.81. The molecule has 1 amide bonds. The van der Waals surface area contributed by atoms with Crippen LogP contribution in [-0.4, -0.2) is 5.91 Å². The molecule has 0 aromatic heterocycles. The van der Waals surface area contributed by atoms with Crippen LogP contribution in [0.25, 0.3) is 0 Å². The minimum atomic E-state index is -0.473. The molecular weight excluding hydrogens is 243 g/mol. The first kappa shape index (κ1) is 13.2. The lowest BCUT2D eigenvalue weighted by Crippen LogP contribution is -2.14. The lowest BCUT2D eigenvalue weighted by Gasteiger charge is -2.09. The summed E-state index contributed by atoms with van der Waals surface area (Å²) in [5, 5.41) is 2.57. The van der Waals surface area contributed by atoms with Crippen LogP contribution in [0.1, 0.15) is 21.5 Å². The smallest absolute Gasteiger partial charge is 0.256 e. The molecule has 3 nitrogen and oxygen atoms in total. The van der Waals surface area contributed by atoms with Gasteiger partial charge in [-0.25, -0.2) is 4.39 Å². The predicted molar refractivity (Wildman–Crippen MR) is 73.4 cm³/mol. The van der Waals surface area contributed by atoms with Gasteiger partial charge in [-0.2, -0.15) is 0 Å². The molecule has 0 saturated heterocycles. The van der Waals surface area contributed by atoms with E-state index in [0.717, 1.165) is 11.1 Å². The van der Waals surface area contributed by atoms with Crippen LogP contribution >= 0.6 is 0 Å². The third-order valence-corrected chi connectivity index (χ3v) is 2.90. The monoisotopic (exact) mass is 258 g/mol. The van der Waals surface area contributed by atoms with Gasteiger partial charge in [-0.3, -0.25) is 4.79 Å². The molecular formula is C15H15FN2O. The second kappa shape index (κ2) is 5.63. The molecule has 0 radical (unpaired) electrons. The van der Waals surface area contributed by atoms with Gasteiger partial charge in [0, 0.05) is 12.1 Å². The van der Waals surface area contributed by atoms with Crippen LogP contribution < -0.4 is 11.1 Å². The lowest BCUT2D eigenvalue weighted by molar-refractivity contribution is 0.102. The Bertz CT molecular complexity index is 611. The van der Waals surface area contributed by atoms with Crippen molar-refractivity contribution in [3.8, 4) is 0 Å². The highest BCUT2D eigenvalue weighted by Gasteiger charge is 2.11. The number of carbonyl (C=O) groups excluding carboxylic acids is 1. The maximum absolute atomic E-state index is 13.6. The summed E-state index contributed by atoms with van der Waals surface area (Å²) in [6.45, 7) is 2.13. The van der Waals surface area contributed by atoms with Gasteiger partial charge in [-0.05, 0) is 36.2 Å². The van der Waals surface area contributed by atoms with Crippen LogP contribution in [0.4, 0.5) is 10.1 Å². The summed E-state index contributed by atoms with van der Waals surface area (Å²) in [7, 11) is 0. The third-order valence-electron chi connectivity index (χ3n) is 2.90. The summed E-state index contributed by atoms with van der Waals surface area (Å²) >= 11 is 0. The third kappa shape index (κ3) is 2.98. The number of hydrogen-bond donors (Lipinski definition) is 2. The molecule has 0 heterocycles. The Morgan fingerprint density at radius 1 is 1.26 bits per heavy atom. The zero-order valence-electron chi connectivity index (χ0n) is 10.6. The summed E-state index contributed by atoms with van der Waals surface area (Å²) < 4.78 is 13.6. The molecule has 0 aliphatic heterocycles. The number of nitrogens with two attached hydrogens (primary N) is 1. The first-order chi connectivity index (χ1) is 9.11. The number of halogens is 1. The second-order valence-corrected chi connectivity index (χ2v) is 4.29. The van der Waals surface area contributed by atoms with E-state index in [1.54, 1.807) is 24.3 Å². The van der Waals surface area contributed by atoms with E-state index in [9.17, 15) is 9.18 Å². The van der Waals surface area contributed by atoms with E-state index in [4.69, 9.17) is 5.73 Å². The van der Waals surface area contributed by atoms with Crippen molar-refractivity contribution in [3.63, 3.8) is 0 Å². The first-order valence-electron chi connectivity index (χ1n) is 5.97. The Morgan fingerprint density at radius 3 is 2.68 bits per heavy atom. The van der Waals surface area contributed by atoms with Gasteiger partial charge < -0.3 is 11.1 Å². The summed E-state index contributed by atoms with van der Waals surface area (Å²) in [5.41, 5.74) is 7.78. The average molecular weight is 258 g/mol. The Morgan fingerprint density at radius 2 is 2.00 bits per heavy atom. The SMILES string of the molecule is Cc1ccccc1C(=O)Nc1cc(CN)ccc1F. The Hall–Kier alpha value is -2.20. The topological polar surface area (TPSA) is 55.1 Å². The standard InChI is InChI=1S/C15H15FN2O/c1-10-4-2-3-5-12(10)15(19)18-14-8-11(9-17)6-7-13(14)16/h2-8H,9,17H2,1H3,(H,18,19). The van der Waals surface area contributed by atoms with Gasteiger partial charge in [0.1, 0.15) is 5.82 Å². The molecule has 0 atom stereocenters. The molecule has 3 N–H and O–H groups in total. The molecule has 0 bridgehead atoms. The zero-order valence-corrected chi connectivity index (χ0v) is 10.6. The van der Waals surface area contributed by atoms with E-state index in [0.29, 0.717) is 12.1 Å². The molecule has 0 aliphatic carbocycles. The van der Waals surface area contributed by atoms with Crippen LogP contribution in [0.5, 0.6) is 0 Å². The number of anilines is 1. The van der Waals surface area contributed by atoms with Crippen LogP contribution in [0.3, 0.4) is 0 Å². The van der Waals surface area contributed by atoms with Crippen LogP contribution in [0, 0.1) is 12.7 Å². The molecule has 0 spiro atoms. The van der Waals surface area contributed by atoms with Crippen molar-refractivity contribution in [3.05, 3.63) is 65.0 Å². The Balaban J connectivity index is 2.26. The minimum Gasteiger partial charge on any atom is -0.326 e. The minimum absolute atomic E-state index is 0.149. The van der Waals surface area contributed by atoms with Crippen LogP contribution in [0.2, 0.25) is 0 Å². The summed E-state index contributed by atoms with van der Waals surface area (Å²) in [5.74, 6) is -0.801. The van der Waals surface area contributed by atoms with Gasteiger partial charge in [0.2, 0.25) is 0 Å². The van der Waals surface area contributed by atoms with Gasteiger partial charge in [0.25, 0.3) is 5.91 Å². The highest BCUT2D eigenvalue weighted by Crippen LogP contribution is 2.18. The fraction of sp³-hybridized carbons (Fsp3) is 0.133. The summed E-state index contributed by atoms with van der Waals surface area (Å²) in [6, 6.07) is 11.6. The molecule has 19 heavy (non-hydrogen) atoms. The van der Waals surface area contributed by atoms with Crippen molar-refractivity contribution >= 4 is 11.6 Å². The summed E-state index contributed by atoms with van der Waals surface area (Å²) in [6.07, 6.45) is 0. The molecule has 0 saturated carbocycles. The maximum Gasteiger partial charge on any atom is 0.256 e. The lowest BCUT2D eigenvalue weighted by atomic mass is 10.1. The highest BCUT2D eigenvalue weighted by molar-refractivity contribution is 6.05.